The van der Waals surface area contributed by atoms with Crippen LogP contribution >= 0.6 is 0 Å². The van der Waals surface area contributed by atoms with E-state index in [1.54, 1.807) is 0 Å². The lowest BCUT2D eigenvalue weighted by atomic mass is 10.2. The molecule has 3 rings (SSSR count). The SMILES string of the molecule is CC(C)n1c(CC2CNCCO2)nc2cnccc21. The molecule has 0 spiro atoms. The molecule has 1 unspecified atom stereocenters. The second-order valence-corrected chi connectivity index (χ2v) is 5.26. The fourth-order valence-corrected chi connectivity index (χ4v) is 2.68. The van der Waals surface area contributed by atoms with E-state index >= 15 is 0 Å². The first kappa shape index (κ1) is 12.6. The molecule has 1 aliphatic rings. The minimum absolute atomic E-state index is 0.219. The predicted octanol–water partition coefficient (Wildman–Crippen LogP) is 1.54. The molecule has 1 saturated heterocycles. The van der Waals surface area contributed by atoms with Crippen LogP contribution in [0.25, 0.3) is 11.0 Å². The standard InChI is InChI=1S/C14H20N4O/c1-10(2)18-13-3-4-15-9-12(13)17-14(18)7-11-8-16-5-6-19-11/h3-4,9-11,16H,5-8H2,1-2H3. The Morgan fingerprint density at radius 1 is 1.53 bits per heavy atom. The third-order valence-corrected chi connectivity index (χ3v) is 3.50. The van der Waals surface area contributed by atoms with Crippen LogP contribution in [0.15, 0.2) is 18.5 Å². The van der Waals surface area contributed by atoms with Gasteiger partial charge in [-0.05, 0) is 19.9 Å². The molecule has 1 N–H and O–H groups in total. The zero-order chi connectivity index (χ0) is 13.2. The maximum atomic E-state index is 5.78. The zero-order valence-electron chi connectivity index (χ0n) is 11.5. The summed E-state index contributed by atoms with van der Waals surface area (Å²) in [4.78, 5) is 8.87. The van der Waals surface area contributed by atoms with Crippen molar-refractivity contribution in [1.82, 2.24) is 19.9 Å². The van der Waals surface area contributed by atoms with E-state index in [-0.39, 0.29) is 6.10 Å². The molecule has 0 aliphatic carbocycles. The molecule has 5 nitrogen and oxygen atoms in total. The summed E-state index contributed by atoms with van der Waals surface area (Å²) in [6, 6.07) is 2.42. The van der Waals surface area contributed by atoms with Crippen molar-refractivity contribution in [3.63, 3.8) is 0 Å². The van der Waals surface area contributed by atoms with Crippen LogP contribution in [0.1, 0.15) is 25.7 Å². The number of rotatable bonds is 3. The number of nitrogens with one attached hydrogen (secondary N) is 1. The number of morpholine rings is 1. The van der Waals surface area contributed by atoms with Gasteiger partial charge in [0.2, 0.25) is 0 Å². The Bertz CT molecular complexity index is 558. The van der Waals surface area contributed by atoms with Gasteiger partial charge in [-0.2, -0.15) is 0 Å². The summed E-state index contributed by atoms with van der Waals surface area (Å²) < 4.78 is 8.07. The minimum atomic E-state index is 0.219. The fourth-order valence-electron chi connectivity index (χ4n) is 2.68. The summed E-state index contributed by atoms with van der Waals surface area (Å²) in [5.41, 5.74) is 2.12. The first-order valence-electron chi connectivity index (χ1n) is 6.89. The number of hydrogen-bond acceptors (Lipinski definition) is 4. The number of fused-ring (bicyclic) bond motifs is 1. The van der Waals surface area contributed by atoms with Crippen molar-refractivity contribution in [2.75, 3.05) is 19.7 Å². The largest absolute Gasteiger partial charge is 0.375 e. The molecule has 0 bridgehead atoms. The van der Waals surface area contributed by atoms with Crippen molar-refractivity contribution in [3.05, 3.63) is 24.3 Å². The first-order chi connectivity index (χ1) is 9.25. The lowest BCUT2D eigenvalue weighted by Crippen LogP contribution is -2.40. The van der Waals surface area contributed by atoms with E-state index in [0.29, 0.717) is 6.04 Å². The van der Waals surface area contributed by atoms with Gasteiger partial charge in [-0.25, -0.2) is 4.98 Å². The molecular formula is C14H20N4O. The van der Waals surface area contributed by atoms with Gasteiger partial charge < -0.3 is 14.6 Å². The Morgan fingerprint density at radius 2 is 2.42 bits per heavy atom. The number of nitrogens with zero attached hydrogens (tertiary/aromatic N) is 3. The zero-order valence-corrected chi connectivity index (χ0v) is 11.5. The van der Waals surface area contributed by atoms with E-state index < -0.39 is 0 Å². The van der Waals surface area contributed by atoms with Gasteiger partial charge in [0.05, 0.1) is 24.4 Å². The van der Waals surface area contributed by atoms with Gasteiger partial charge in [-0.1, -0.05) is 0 Å². The molecule has 0 saturated carbocycles. The summed E-state index contributed by atoms with van der Waals surface area (Å²) in [5.74, 6) is 1.09. The molecule has 2 aromatic heterocycles. The number of aromatic nitrogens is 3. The third kappa shape index (κ3) is 2.48. The summed E-state index contributed by atoms with van der Waals surface area (Å²) in [6.45, 7) is 7.00. The van der Waals surface area contributed by atoms with Gasteiger partial charge in [-0.15, -0.1) is 0 Å². The van der Waals surface area contributed by atoms with E-state index in [1.807, 2.05) is 18.5 Å². The molecule has 1 fully saturated rings. The number of imidazole rings is 1. The normalized spacial score (nSPS) is 20.3. The minimum Gasteiger partial charge on any atom is -0.375 e. The second kappa shape index (κ2) is 5.27. The van der Waals surface area contributed by atoms with Gasteiger partial charge in [0.15, 0.2) is 0 Å². The van der Waals surface area contributed by atoms with Crippen molar-refractivity contribution < 1.29 is 4.74 Å². The van der Waals surface area contributed by atoms with Crippen LogP contribution in [0.5, 0.6) is 0 Å². The second-order valence-electron chi connectivity index (χ2n) is 5.26. The molecule has 102 valence electrons. The number of pyridine rings is 1. The van der Waals surface area contributed by atoms with Crippen LogP contribution in [0.2, 0.25) is 0 Å². The molecule has 0 radical (unpaired) electrons. The Morgan fingerprint density at radius 3 is 3.16 bits per heavy atom. The summed E-state index contributed by atoms with van der Waals surface area (Å²) in [7, 11) is 0. The topological polar surface area (TPSA) is 52.0 Å². The van der Waals surface area contributed by atoms with Crippen molar-refractivity contribution in [2.24, 2.45) is 0 Å². The Hall–Kier alpha value is -1.46. The molecule has 0 amide bonds. The predicted molar refractivity (Wildman–Crippen MR) is 74.2 cm³/mol. The number of ether oxygens (including phenoxy) is 1. The van der Waals surface area contributed by atoms with Crippen LogP contribution in [0, 0.1) is 0 Å². The molecule has 2 aromatic rings. The molecule has 0 aromatic carbocycles. The van der Waals surface area contributed by atoms with Crippen molar-refractivity contribution in [3.8, 4) is 0 Å². The van der Waals surface area contributed by atoms with E-state index in [1.165, 1.54) is 0 Å². The first-order valence-corrected chi connectivity index (χ1v) is 6.89. The van der Waals surface area contributed by atoms with Crippen molar-refractivity contribution in [2.45, 2.75) is 32.4 Å². The smallest absolute Gasteiger partial charge is 0.112 e. The van der Waals surface area contributed by atoms with Gasteiger partial charge >= 0.3 is 0 Å². The molecule has 3 heterocycles. The van der Waals surface area contributed by atoms with E-state index in [2.05, 4.69) is 28.7 Å². The average Bonchev–Trinajstić information content (AvgIpc) is 2.77. The molecule has 1 atom stereocenters. The highest BCUT2D eigenvalue weighted by Gasteiger charge is 2.19. The molecular weight excluding hydrogens is 240 g/mol. The molecule has 5 heteroatoms. The van der Waals surface area contributed by atoms with Crippen molar-refractivity contribution >= 4 is 11.0 Å². The van der Waals surface area contributed by atoms with Crippen LogP contribution in [0.4, 0.5) is 0 Å². The third-order valence-electron chi connectivity index (χ3n) is 3.50. The van der Waals surface area contributed by atoms with Crippen molar-refractivity contribution in [1.29, 1.82) is 0 Å². The summed E-state index contributed by atoms with van der Waals surface area (Å²) >= 11 is 0. The van der Waals surface area contributed by atoms with Crippen LogP contribution in [-0.2, 0) is 11.2 Å². The highest BCUT2D eigenvalue weighted by molar-refractivity contribution is 5.74. The lowest BCUT2D eigenvalue weighted by molar-refractivity contribution is 0.0275. The van der Waals surface area contributed by atoms with E-state index in [4.69, 9.17) is 9.72 Å². The van der Waals surface area contributed by atoms with Gasteiger partial charge in [0.25, 0.3) is 0 Å². The quantitative estimate of drug-likeness (QED) is 0.909. The monoisotopic (exact) mass is 260 g/mol. The molecule has 1 aliphatic heterocycles. The Labute approximate surface area is 113 Å². The van der Waals surface area contributed by atoms with E-state index in [9.17, 15) is 0 Å². The van der Waals surface area contributed by atoms with Crippen LogP contribution < -0.4 is 5.32 Å². The maximum Gasteiger partial charge on any atom is 0.112 e. The lowest BCUT2D eigenvalue weighted by Gasteiger charge is -2.24. The fraction of sp³-hybridized carbons (Fsp3) is 0.571. The average molecular weight is 260 g/mol. The van der Waals surface area contributed by atoms with Crippen LogP contribution in [-0.4, -0.2) is 40.3 Å². The Balaban J connectivity index is 1.95. The highest BCUT2D eigenvalue weighted by atomic mass is 16.5. The maximum absolute atomic E-state index is 5.78. The Kier molecular flexibility index (Phi) is 3.48. The molecule has 19 heavy (non-hydrogen) atoms. The van der Waals surface area contributed by atoms with Gasteiger partial charge in [0.1, 0.15) is 11.3 Å². The van der Waals surface area contributed by atoms with E-state index in [0.717, 1.165) is 43.0 Å². The van der Waals surface area contributed by atoms with Gasteiger partial charge in [-0.3, -0.25) is 4.98 Å². The summed E-state index contributed by atoms with van der Waals surface area (Å²) in [5, 5.41) is 3.36. The highest BCUT2D eigenvalue weighted by Crippen LogP contribution is 2.21. The van der Waals surface area contributed by atoms with Gasteiger partial charge in [0, 0.05) is 31.7 Å². The van der Waals surface area contributed by atoms with Crippen LogP contribution in [0.3, 0.4) is 0 Å². The summed E-state index contributed by atoms with van der Waals surface area (Å²) in [6.07, 6.45) is 4.72. The number of hydrogen-bond donors (Lipinski definition) is 1.